The monoisotopic (exact) mass is 420 g/mol. The third-order valence-corrected chi connectivity index (χ3v) is 4.37. The zero-order valence-electron chi connectivity index (χ0n) is 14.8. The number of para-hydroxylation sites is 1. The molecule has 0 heterocycles. The molecule has 0 fully saturated rings. The van der Waals surface area contributed by atoms with Crippen LogP contribution < -0.4 is 5.32 Å². The van der Waals surface area contributed by atoms with Crippen molar-refractivity contribution in [2.45, 2.75) is 56.8 Å². The minimum Gasteiger partial charge on any atom is -0.481 e. The average molecular weight is 421 g/mol. The lowest BCUT2D eigenvalue weighted by Gasteiger charge is -2.10. The van der Waals surface area contributed by atoms with Crippen molar-refractivity contribution >= 4 is 50.2 Å². The molecule has 0 aliphatic carbocycles. The summed E-state index contributed by atoms with van der Waals surface area (Å²) in [5.74, 6) is 0.278. The van der Waals surface area contributed by atoms with Crippen LogP contribution in [0.15, 0.2) is 29.2 Å². The molecule has 0 atom stereocenters. The Balaban J connectivity index is 0.00000141. The molecule has 0 aliphatic rings. The van der Waals surface area contributed by atoms with Crippen molar-refractivity contribution in [2.75, 3.05) is 11.1 Å². The van der Waals surface area contributed by atoms with Gasteiger partial charge in [0.1, 0.15) is 0 Å². The minimum atomic E-state index is -2.03. The summed E-state index contributed by atoms with van der Waals surface area (Å²) in [6.07, 6.45) is 5.07. The van der Waals surface area contributed by atoms with Crippen molar-refractivity contribution < 1.29 is 23.5 Å². The van der Waals surface area contributed by atoms with E-state index in [0.29, 0.717) is 12.8 Å². The molecule has 0 aliphatic heterocycles. The van der Waals surface area contributed by atoms with Gasteiger partial charge in [0.05, 0.1) is 5.69 Å². The van der Waals surface area contributed by atoms with Gasteiger partial charge in [-0.2, -0.15) is 0 Å². The number of thioether (sulfide) groups is 1. The number of hydrogen-bond donors (Lipinski definition) is 3. The summed E-state index contributed by atoms with van der Waals surface area (Å²) >= 11 is 5.42. The Labute approximate surface area is 165 Å². The predicted octanol–water partition coefficient (Wildman–Crippen LogP) is 4.44. The fraction of sp³-hybridized carbons (Fsp3) is 0.529. The Bertz CT molecular complexity index is 612. The number of amides is 1. The number of unbranched alkanes of at least 4 members (excludes halogenated alkanes) is 3. The molecule has 0 spiro atoms. The average Bonchev–Trinajstić information content (AvgIpc) is 2.55. The van der Waals surface area contributed by atoms with Crippen LogP contribution in [0.5, 0.6) is 0 Å². The lowest BCUT2D eigenvalue weighted by molar-refractivity contribution is -0.137. The first-order valence-electron chi connectivity index (χ1n) is 8.38. The molecule has 0 radical (unpaired) electrons. The van der Waals surface area contributed by atoms with Gasteiger partial charge in [-0.1, -0.05) is 41.5 Å². The van der Waals surface area contributed by atoms with E-state index in [9.17, 15) is 9.59 Å². The molecule has 1 aromatic carbocycles. The summed E-state index contributed by atoms with van der Waals surface area (Å²) in [7, 11) is -2.03. The maximum Gasteiger partial charge on any atom is 0.303 e. The van der Waals surface area contributed by atoms with E-state index in [2.05, 4.69) is 23.4 Å². The fourth-order valence-corrected chi connectivity index (χ4v) is 3.08. The molecule has 0 bridgehead atoms. The topological polar surface area (TPSA) is 104 Å². The Hall–Kier alpha value is -1.16. The number of nitrogens with one attached hydrogen (secondary N) is 1. The summed E-state index contributed by atoms with van der Waals surface area (Å²) in [5, 5.41) is 11.5. The van der Waals surface area contributed by atoms with Crippen LogP contribution in [0.2, 0.25) is 0 Å². The lowest BCUT2D eigenvalue weighted by atomic mass is 10.1. The SMILES string of the molecule is CCCCSc1ccccc1NC(=O)CCCCCC(=O)O.O=[S-](O)=S. The van der Waals surface area contributed by atoms with Gasteiger partial charge in [-0.05, 0) is 37.1 Å². The smallest absolute Gasteiger partial charge is 0.303 e. The molecule has 3 N–H and O–H groups in total. The molecule has 0 saturated heterocycles. The van der Waals surface area contributed by atoms with Gasteiger partial charge in [0.25, 0.3) is 0 Å². The highest BCUT2D eigenvalue weighted by Crippen LogP contribution is 2.27. The molecular weight excluding hydrogens is 394 g/mol. The number of carboxylic acid groups (broad SMARTS) is 1. The molecule has 1 aromatic rings. The highest BCUT2D eigenvalue weighted by atomic mass is 32.8. The van der Waals surface area contributed by atoms with Crippen LogP contribution in [0, 0.1) is 0 Å². The molecular formula is C17H26NO5S3-. The standard InChI is InChI=1S/C17H25NO3S.HO2S2/c1-2-3-13-22-15-10-8-7-9-14(15)18-16(19)11-5-4-6-12-17(20)21;1-4(2)3/h7-10H,2-6,11-13H2,1H3,(H,18,19)(H,20,21);(H,1,2,3)/q;-1. The van der Waals surface area contributed by atoms with Gasteiger partial charge in [0.2, 0.25) is 5.91 Å². The van der Waals surface area contributed by atoms with Gasteiger partial charge in [-0.25, -0.2) is 11.2 Å². The first-order valence-corrected chi connectivity index (χ1v) is 11.4. The first-order chi connectivity index (χ1) is 12.4. The first kappa shape index (κ1) is 24.8. The number of hydrogen-bond acceptors (Lipinski definition) is 6. The number of benzene rings is 1. The van der Waals surface area contributed by atoms with E-state index in [4.69, 9.17) is 13.9 Å². The third kappa shape index (κ3) is 15.1. The second-order valence-electron chi connectivity index (χ2n) is 5.42. The van der Waals surface area contributed by atoms with Gasteiger partial charge >= 0.3 is 5.97 Å². The number of rotatable bonds is 11. The number of carbonyl (C=O) groups is 2. The van der Waals surface area contributed by atoms with Gasteiger partial charge in [-0.3, -0.25) is 9.59 Å². The van der Waals surface area contributed by atoms with Crippen LogP contribution in [-0.4, -0.2) is 27.3 Å². The second-order valence-corrected chi connectivity index (χ2v) is 7.84. The van der Waals surface area contributed by atoms with Crippen LogP contribution in [0.25, 0.3) is 0 Å². The normalized spacial score (nSPS) is 10.1. The van der Waals surface area contributed by atoms with Crippen LogP contribution in [0.3, 0.4) is 0 Å². The predicted molar refractivity (Wildman–Crippen MR) is 109 cm³/mol. The van der Waals surface area contributed by atoms with E-state index in [1.807, 2.05) is 24.3 Å². The molecule has 9 heteroatoms. The van der Waals surface area contributed by atoms with Crippen LogP contribution in [-0.2, 0) is 34.6 Å². The molecule has 148 valence electrons. The Kier molecular flexibility index (Phi) is 15.3. The van der Waals surface area contributed by atoms with E-state index in [-0.39, 0.29) is 12.3 Å². The molecule has 0 unspecified atom stereocenters. The summed E-state index contributed by atoms with van der Waals surface area (Å²) in [6.45, 7) is 2.17. The molecule has 1 rings (SSSR count). The van der Waals surface area contributed by atoms with Gasteiger partial charge in [0.15, 0.2) is 0 Å². The van der Waals surface area contributed by atoms with Gasteiger partial charge in [0, 0.05) is 17.7 Å². The van der Waals surface area contributed by atoms with Crippen LogP contribution in [0.4, 0.5) is 5.69 Å². The Morgan fingerprint density at radius 2 is 1.77 bits per heavy atom. The summed E-state index contributed by atoms with van der Waals surface area (Å²) in [6, 6.07) is 7.86. The second kappa shape index (κ2) is 16.0. The number of carboxylic acids is 1. The van der Waals surface area contributed by atoms with Crippen molar-refractivity contribution in [3.63, 3.8) is 0 Å². The van der Waals surface area contributed by atoms with E-state index < -0.39 is 15.6 Å². The Morgan fingerprint density at radius 3 is 2.38 bits per heavy atom. The highest BCUT2D eigenvalue weighted by Gasteiger charge is 2.07. The van der Waals surface area contributed by atoms with Gasteiger partial charge in [-0.15, -0.1) is 11.8 Å². The lowest BCUT2D eigenvalue weighted by Crippen LogP contribution is -2.11. The molecule has 26 heavy (non-hydrogen) atoms. The molecule has 6 nitrogen and oxygen atoms in total. The quantitative estimate of drug-likeness (QED) is 0.210. The van der Waals surface area contributed by atoms with E-state index in [1.54, 1.807) is 11.8 Å². The van der Waals surface area contributed by atoms with E-state index in [1.165, 1.54) is 0 Å². The zero-order valence-corrected chi connectivity index (χ0v) is 17.3. The van der Waals surface area contributed by atoms with Crippen LogP contribution in [0.1, 0.15) is 51.9 Å². The van der Waals surface area contributed by atoms with E-state index >= 15 is 0 Å². The van der Waals surface area contributed by atoms with Crippen molar-refractivity contribution in [2.24, 2.45) is 0 Å². The third-order valence-electron chi connectivity index (χ3n) is 3.21. The maximum absolute atomic E-state index is 12.0. The fourth-order valence-electron chi connectivity index (χ4n) is 1.97. The number of anilines is 1. The van der Waals surface area contributed by atoms with Crippen molar-refractivity contribution in [1.82, 2.24) is 0 Å². The Morgan fingerprint density at radius 1 is 1.15 bits per heavy atom. The van der Waals surface area contributed by atoms with Crippen molar-refractivity contribution in [3.8, 4) is 0 Å². The summed E-state index contributed by atoms with van der Waals surface area (Å²) in [5.41, 5.74) is 0.874. The summed E-state index contributed by atoms with van der Waals surface area (Å²) in [4.78, 5) is 23.5. The highest BCUT2D eigenvalue weighted by molar-refractivity contribution is 8.18. The maximum atomic E-state index is 12.0. The minimum absolute atomic E-state index is 0.00105. The summed E-state index contributed by atoms with van der Waals surface area (Å²) < 4.78 is 16.3. The number of aliphatic carboxylic acids is 1. The van der Waals surface area contributed by atoms with Gasteiger partial charge < -0.3 is 19.2 Å². The zero-order chi connectivity index (χ0) is 19.8. The largest absolute Gasteiger partial charge is 0.481 e. The molecule has 0 aromatic heterocycles. The van der Waals surface area contributed by atoms with Crippen molar-refractivity contribution in [1.29, 1.82) is 0 Å². The number of carbonyl (C=O) groups excluding carboxylic acids is 1. The molecule has 0 saturated carbocycles. The molecule has 1 amide bonds. The van der Waals surface area contributed by atoms with Crippen molar-refractivity contribution in [3.05, 3.63) is 24.3 Å². The van der Waals surface area contributed by atoms with Crippen LogP contribution >= 0.6 is 11.8 Å². The van der Waals surface area contributed by atoms with E-state index in [0.717, 1.165) is 42.0 Å².